The summed E-state index contributed by atoms with van der Waals surface area (Å²) in [5, 5.41) is 14.2. The molecule has 0 aliphatic rings. The third-order valence-electron chi connectivity index (χ3n) is 3.85. The molecular formula is C19H25ClIN7OS. The molecule has 3 rings (SSSR count). The van der Waals surface area contributed by atoms with Crippen LogP contribution >= 0.6 is 46.9 Å². The van der Waals surface area contributed by atoms with E-state index in [9.17, 15) is 0 Å². The van der Waals surface area contributed by atoms with Crippen molar-refractivity contribution in [1.82, 2.24) is 25.8 Å². The monoisotopic (exact) mass is 561 g/mol. The lowest BCUT2D eigenvalue weighted by Gasteiger charge is -2.09. The maximum absolute atomic E-state index is 6.02. The summed E-state index contributed by atoms with van der Waals surface area (Å²) in [6.45, 7) is 3.92. The molecule has 0 radical (unpaired) electrons. The Morgan fingerprint density at radius 1 is 1.27 bits per heavy atom. The van der Waals surface area contributed by atoms with Crippen molar-refractivity contribution in [3.8, 4) is 11.4 Å². The summed E-state index contributed by atoms with van der Waals surface area (Å²) < 4.78 is 5.34. The topological polar surface area (TPSA) is 91.5 Å². The Kier molecular flexibility index (Phi) is 9.79. The minimum atomic E-state index is 0. The molecule has 0 fully saturated rings. The zero-order chi connectivity index (χ0) is 20.6. The van der Waals surface area contributed by atoms with Crippen molar-refractivity contribution in [2.75, 3.05) is 32.1 Å². The standard InChI is InChI=1S/C19H24ClN7OS.HI/c1-4-21-18(23-11-15-12-29-19(24-15)27(2)3)22-9-8-16-25-17(26-28-16)13-6-5-7-14(20)10-13;/h5-7,10,12H,4,8-9,11H2,1-3H3,(H2,21,22,23);1H. The van der Waals surface area contributed by atoms with Gasteiger partial charge in [-0.3, -0.25) is 0 Å². The lowest BCUT2D eigenvalue weighted by molar-refractivity contribution is 0.378. The first-order valence-electron chi connectivity index (χ1n) is 9.27. The summed E-state index contributed by atoms with van der Waals surface area (Å²) in [7, 11) is 3.96. The van der Waals surface area contributed by atoms with Crippen LogP contribution in [0.15, 0.2) is 39.2 Å². The van der Waals surface area contributed by atoms with Crippen LogP contribution in [0.25, 0.3) is 11.4 Å². The number of aliphatic imine (C=N–C) groups is 1. The largest absolute Gasteiger partial charge is 0.357 e. The molecule has 0 bridgehead atoms. The lowest BCUT2D eigenvalue weighted by atomic mass is 10.2. The number of nitrogens with one attached hydrogen (secondary N) is 2. The van der Waals surface area contributed by atoms with Gasteiger partial charge in [0.1, 0.15) is 0 Å². The predicted molar refractivity (Wildman–Crippen MR) is 133 cm³/mol. The molecule has 2 N–H and O–H groups in total. The highest BCUT2D eigenvalue weighted by molar-refractivity contribution is 14.0. The van der Waals surface area contributed by atoms with Crippen LogP contribution in [0.1, 0.15) is 18.5 Å². The van der Waals surface area contributed by atoms with Gasteiger partial charge in [0.15, 0.2) is 11.1 Å². The van der Waals surface area contributed by atoms with E-state index in [1.54, 1.807) is 11.3 Å². The van der Waals surface area contributed by atoms with Crippen molar-refractivity contribution >= 4 is 58.0 Å². The first kappa shape index (κ1) is 24.4. The molecule has 3 aromatic rings. The van der Waals surface area contributed by atoms with Crippen molar-refractivity contribution < 1.29 is 4.52 Å². The minimum absolute atomic E-state index is 0. The smallest absolute Gasteiger partial charge is 0.228 e. The maximum Gasteiger partial charge on any atom is 0.228 e. The van der Waals surface area contributed by atoms with Crippen molar-refractivity contribution in [2.24, 2.45) is 4.99 Å². The number of hydrogen-bond donors (Lipinski definition) is 2. The second kappa shape index (κ2) is 12.1. The van der Waals surface area contributed by atoms with Gasteiger partial charge in [0.05, 0.1) is 12.2 Å². The minimum Gasteiger partial charge on any atom is -0.357 e. The van der Waals surface area contributed by atoms with E-state index in [1.165, 1.54) is 0 Å². The van der Waals surface area contributed by atoms with E-state index < -0.39 is 0 Å². The van der Waals surface area contributed by atoms with E-state index in [0.717, 1.165) is 28.9 Å². The van der Waals surface area contributed by atoms with Crippen LogP contribution in [0.5, 0.6) is 0 Å². The van der Waals surface area contributed by atoms with Gasteiger partial charge in [-0.2, -0.15) is 4.98 Å². The van der Waals surface area contributed by atoms with Gasteiger partial charge in [0, 0.05) is 49.6 Å². The fourth-order valence-electron chi connectivity index (χ4n) is 2.47. The number of rotatable bonds is 8. The molecule has 0 spiro atoms. The molecule has 0 aliphatic carbocycles. The van der Waals surface area contributed by atoms with Crippen molar-refractivity contribution in [3.63, 3.8) is 0 Å². The first-order chi connectivity index (χ1) is 14.0. The number of thiazole rings is 1. The van der Waals surface area contributed by atoms with Crippen molar-refractivity contribution in [1.29, 1.82) is 0 Å². The van der Waals surface area contributed by atoms with E-state index in [4.69, 9.17) is 16.1 Å². The molecule has 2 heterocycles. The number of guanidine groups is 1. The second-order valence-electron chi connectivity index (χ2n) is 6.41. The molecular weight excluding hydrogens is 537 g/mol. The summed E-state index contributed by atoms with van der Waals surface area (Å²) in [5.74, 6) is 1.81. The Labute approximate surface area is 202 Å². The fraction of sp³-hybridized carbons (Fsp3) is 0.368. The van der Waals surface area contributed by atoms with Crippen LogP contribution in [-0.2, 0) is 13.0 Å². The molecule has 0 amide bonds. The van der Waals surface area contributed by atoms with E-state index in [2.05, 4.69) is 30.8 Å². The molecule has 0 atom stereocenters. The van der Waals surface area contributed by atoms with E-state index in [0.29, 0.717) is 36.2 Å². The molecule has 1 aromatic carbocycles. The van der Waals surface area contributed by atoms with Crippen LogP contribution in [0, 0.1) is 0 Å². The molecule has 30 heavy (non-hydrogen) atoms. The number of aromatic nitrogens is 3. The molecule has 0 saturated carbocycles. The second-order valence-corrected chi connectivity index (χ2v) is 7.68. The summed E-state index contributed by atoms with van der Waals surface area (Å²) in [6.07, 6.45) is 0.583. The van der Waals surface area contributed by atoms with Gasteiger partial charge >= 0.3 is 0 Å². The van der Waals surface area contributed by atoms with Crippen molar-refractivity contribution in [3.05, 3.63) is 46.3 Å². The van der Waals surface area contributed by atoms with E-state index in [1.807, 2.05) is 55.6 Å². The summed E-state index contributed by atoms with van der Waals surface area (Å²) in [5.41, 5.74) is 1.77. The number of nitrogens with zero attached hydrogens (tertiary/aromatic N) is 5. The first-order valence-corrected chi connectivity index (χ1v) is 10.5. The van der Waals surface area contributed by atoms with Gasteiger partial charge in [0.25, 0.3) is 0 Å². The Morgan fingerprint density at radius 3 is 2.80 bits per heavy atom. The summed E-state index contributed by atoms with van der Waals surface area (Å²) >= 11 is 7.63. The van der Waals surface area contributed by atoms with Crippen molar-refractivity contribution in [2.45, 2.75) is 19.9 Å². The van der Waals surface area contributed by atoms with Gasteiger partial charge in [-0.25, -0.2) is 9.98 Å². The van der Waals surface area contributed by atoms with Gasteiger partial charge in [-0.15, -0.1) is 35.3 Å². The van der Waals surface area contributed by atoms with Gasteiger partial charge in [0.2, 0.25) is 11.7 Å². The Hall–Kier alpha value is -1.92. The van der Waals surface area contributed by atoms with Gasteiger partial charge in [-0.05, 0) is 19.1 Å². The zero-order valence-electron chi connectivity index (χ0n) is 17.1. The summed E-state index contributed by atoms with van der Waals surface area (Å²) in [6, 6.07) is 7.38. The number of anilines is 1. The van der Waals surface area contributed by atoms with Gasteiger partial charge < -0.3 is 20.1 Å². The third-order valence-corrected chi connectivity index (χ3v) is 5.14. The highest BCUT2D eigenvalue weighted by Gasteiger charge is 2.09. The molecule has 0 aliphatic heterocycles. The van der Waals surface area contributed by atoms with Crippen LogP contribution < -0.4 is 15.5 Å². The number of halogens is 2. The Morgan fingerprint density at radius 2 is 2.10 bits per heavy atom. The zero-order valence-corrected chi connectivity index (χ0v) is 21.0. The quantitative estimate of drug-likeness (QED) is 0.245. The Balaban J connectivity index is 0.00000320. The van der Waals surface area contributed by atoms with Crippen LogP contribution in [0.4, 0.5) is 5.13 Å². The number of hydrogen-bond acceptors (Lipinski definition) is 7. The van der Waals surface area contributed by atoms with Crippen LogP contribution in [-0.4, -0.2) is 48.3 Å². The average molecular weight is 562 g/mol. The lowest BCUT2D eigenvalue weighted by Crippen LogP contribution is -2.38. The molecule has 11 heteroatoms. The molecule has 0 unspecified atom stereocenters. The highest BCUT2D eigenvalue weighted by atomic mass is 127. The predicted octanol–water partition coefficient (Wildman–Crippen LogP) is 3.83. The van der Waals surface area contributed by atoms with E-state index >= 15 is 0 Å². The molecule has 2 aromatic heterocycles. The normalized spacial score (nSPS) is 11.1. The van der Waals surface area contributed by atoms with E-state index in [-0.39, 0.29) is 24.0 Å². The highest BCUT2D eigenvalue weighted by Crippen LogP contribution is 2.20. The molecule has 162 valence electrons. The Bertz CT molecular complexity index is 960. The fourth-order valence-corrected chi connectivity index (χ4v) is 3.40. The third kappa shape index (κ3) is 7.10. The van der Waals surface area contributed by atoms with Crippen LogP contribution in [0.2, 0.25) is 5.02 Å². The molecule has 8 nitrogen and oxygen atoms in total. The number of benzene rings is 1. The summed E-state index contributed by atoms with van der Waals surface area (Å²) in [4.78, 5) is 15.6. The van der Waals surface area contributed by atoms with Crippen LogP contribution in [0.3, 0.4) is 0 Å². The molecule has 0 saturated heterocycles. The SMILES string of the molecule is CCNC(=NCc1csc(N(C)C)n1)NCCc1nc(-c2cccc(Cl)c2)no1.I. The van der Waals surface area contributed by atoms with Gasteiger partial charge in [-0.1, -0.05) is 28.9 Å². The average Bonchev–Trinajstić information content (AvgIpc) is 3.36. The maximum atomic E-state index is 6.02.